The van der Waals surface area contributed by atoms with Gasteiger partial charge in [0.05, 0.1) is 12.9 Å². The molecule has 23 heavy (non-hydrogen) atoms. The van der Waals surface area contributed by atoms with Crippen LogP contribution < -0.4 is 0 Å². The summed E-state index contributed by atoms with van der Waals surface area (Å²) in [5, 5.41) is 0. The Morgan fingerprint density at radius 3 is 2.78 bits per heavy atom. The van der Waals surface area contributed by atoms with Gasteiger partial charge in [-0.15, -0.1) is 0 Å². The fourth-order valence-corrected chi connectivity index (χ4v) is 7.13. The van der Waals surface area contributed by atoms with Crippen LogP contribution >= 0.6 is 0 Å². The molecule has 0 aromatic rings. The van der Waals surface area contributed by atoms with E-state index in [0.29, 0.717) is 23.0 Å². The van der Waals surface area contributed by atoms with Gasteiger partial charge in [-0.2, -0.15) is 0 Å². The third-order valence-corrected chi connectivity index (χ3v) is 8.45. The van der Waals surface area contributed by atoms with Gasteiger partial charge in [-0.1, -0.05) is 19.9 Å². The van der Waals surface area contributed by atoms with Gasteiger partial charge in [0.1, 0.15) is 5.78 Å². The van der Waals surface area contributed by atoms with Crippen LogP contribution in [0, 0.1) is 40.4 Å². The number of allylic oxidation sites excluding steroid dienone is 4. The molecule has 0 heterocycles. The van der Waals surface area contributed by atoms with Crippen LogP contribution in [0.3, 0.4) is 0 Å². The number of carbonyl (C=O) groups excluding carboxylic acids is 1. The molecule has 0 spiro atoms. The molecule has 0 aliphatic heterocycles. The fourth-order valence-electron chi connectivity index (χ4n) is 7.13. The lowest BCUT2D eigenvalue weighted by Crippen LogP contribution is -2.50. The molecule has 0 aromatic heterocycles. The van der Waals surface area contributed by atoms with E-state index in [1.165, 1.54) is 31.3 Å². The molecule has 3 saturated carbocycles. The van der Waals surface area contributed by atoms with Crippen LogP contribution in [0.1, 0.15) is 52.4 Å². The van der Waals surface area contributed by atoms with Crippen molar-refractivity contribution in [3.63, 3.8) is 0 Å². The molecular formula is C21H28O2. The molecule has 0 N–H and O–H groups in total. The summed E-state index contributed by atoms with van der Waals surface area (Å²) in [5.74, 6) is 5.10. The number of hydrogen-bond donors (Lipinski definition) is 0. The summed E-state index contributed by atoms with van der Waals surface area (Å²) in [6.07, 6.45) is 11.8. The van der Waals surface area contributed by atoms with Crippen molar-refractivity contribution < 1.29 is 9.53 Å². The monoisotopic (exact) mass is 312 g/mol. The molecule has 124 valence electrons. The van der Waals surface area contributed by atoms with E-state index in [4.69, 9.17) is 4.74 Å². The van der Waals surface area contributed by atoms with Crippen LogP contribution in [0.5, 0.6) is 0 Å². The molecule has 7 atom stereocenters. The van der Waals surface area contributed by atoms with Crippen molar-refractivity contribution in [1.29, 1.82) is 0 Å². The summed E-state index contributed by atoms with van der Waals surface area (Å²) in [4.78, 5) is 12.8. The first kappa shape index (κ1) is 14.3. The Morgan fingerprint density at radius 2 is 2.00 bits per heavy atom. The van der Waals surface area contributed by atoms with Crippen molar-refractivity contribution in [2.45, 2.75) is 52.4 Å². The highest BCUT2D eigenvalue weighted by molar-refractivity contribution is 5.92. The lowest BCUT2D eigenvalue weighted by atomic mass is 9.48. The minimum absolute atomic E-state index is 0.0125. The van der Waals surface area contributed by atoms with Crippen molar-refractivity contribution in [2.75, 3.05) is 7.11 Å². The number of ether oxygens (including phenoxy) is 1. The molecule has 5 aliphatic rings. The number of hydrogen-bond acceptors (Lipinski definition) is 2. The van der Waals surface area contributed by atoms with E-state index in [-0.39, 0.29) is 5.41 Å². The molecule has 2 heteroatoms. The average Bonchev–Trinajstić information content (AvgIpc) is 3.28. The van der Waals surface area contributed by atoms with Crippen LogP contribution in [0.4, 0.5) is 0 Å². The highest BCUT2D eigenvalue weighted by Gasteiger charge is 2.69. The summed E-state index contributed by atoms with van der Waals surface area (Å²) in [6.45, 7) is 4.79. The van der Waals surface area contributed by atoms with Gasteiger partial charge < -0.3 is 4.74 Å². The van der Waals surface area contributed by atoms with E-state index in [1.807, 2.05) is 0 Å². The number of methoxy groups -OCH3 is 1. The SMILES string of the molecule is COC1=CC2=CCC3C(CC[C@]4(C)C(=O)[C@H]5C[C@H]5C34)[C@@]2(C)CC1. The van der Waals surface area contributed by atoms with Crippen LogP contribution in [-0.2, 0) is 9.53 Å². The number of fused-ring (bicyclic) bond motifs is 7. The smallest absolute Gasteiger partial charge is 0.142 e. The second-order valence-electron chi connectivity index (χ2n) is 9.25. The van der Waals surface area contributed by atoms with Gasteiger partial charge in [-0.25, -0.2) is 0 Å². The first-order valence-electron chi connectivity index (χ1n) is 9.48. The van der Waals surface area contributed by atoms with E-state index < -0.39 is 0 Å². The minimum atomic E-state index is 0.0125. The quantitative estimate of drug-likeness (QED) is 0.712. The van der Waals surface area contributed by atoms with E-state index in [0.717, 1.165) is 36.4 Å². The Bertz CT molecular complexity index is 644. The van der Waals surface area contributed by atoms with E-state index >= 15 is 0 Å². The molecule has 0 bridgehead atoms. The van der Waals surface area contributed by atoms with Crippen molar-refractivity contribution in [3.05, 3.63) is 23.5 Å². The number of ketones is 1. The number of rotatable bonds is 1. The van der Waals surface area contributed by atoms with Crippen molar-refractivity contribution in [3.8, 4) is 0 Å². The highest BCUT2D eigenvalue weighted by atomic mass is 16.5. The van der Waals surface area contributed by atoms with E-state index in [9.17, 15) is 4.79 Å². The summed E-state index contributed by atoms with van der Waals surface area (Å²) >= 11 is 0. The largest absolute Gasteiger partial charge is 0.501 e. The van der Waals surface area contributed by atoms with Crippen molar-refractivity contribution in [2.24, 2.45) is 40.4 Å². The molecule has 3 fully saturated rings. The predicted molar refractivity (Wildman–Crippen MR) is 89.5 cm³/mol. The Balaban J connectivity index is 1.54. The van der Waals surface area contributed by atoms with Crippen LogP contribution in [-0.4, -0.2) is 12.9 Å². The second-order valence-corrected chi connectivity index (χ2v) is 9.25. The van der Waals surface area contributed by atoms with Crippen LogP contribution in [0.25, 0.3) is 0 Å². The maximum atomic E-state index is 12.8. The van der Waals surface area contributed by atoms with Crippen LogP contribution in [0.2, 0.25) is 0 Å². The lowest BCUT2D eigenvalue weighted by Gasteiger charge is -2.56. The van der Waals surface area contributed by atoms with Gasteiger partial charge >= 0.3 is 0 Å². The molecule has 0 saturated heterocycles. The zero-order valence-electron chi connectivity index (χ0n) is 14.6. The average molecular weight is 312 g/mol. The second kappa shape index (κ2) is 4.32. The first-order chi connectivity index (χ1) is 11.0. The Labute approximate surface area is 139 Å². The van der Waals surface area contributed by atoms with Crippen LogP contribution in [0.15, 0.2) is 23.5 Å². The standard InChI is InChI=1S/C21H28O2/c1-20-8-6-13(23-3)10-12(20)4-5-14-17(20)7-9-21(2)18(14)15-11-16(15)19(21)22/h4,10,14-18H,5-9,11H2,1-3H3/t14?,15-,16+,17?,18?,20+,21+/m1/s1. The van der Waals surface area contributed by atoms with Gasteiger partial charge in [-0.3, -0.25) is 4.79 Å². The first-order valence-corrected chi connectivity index (χ1v) is 9.48. The Hall–Kier alpha value is -1.05. The lowest BCUT2D eigenvalue weighted by molar-refractivity contribution is -0.135. The van der Waals surface area contributed by atoms with E-state index in [2.05, 4.69) is 26.0 Å². The number of carbonyl (C=O) groups is 1. The zero-order chi connectivity index (χ0) is 16.0. The Morgan fingerprint density at radius 1 is 1.17 bits per heavy atom. The normalized spacial score (nSPS) is 53.3. The van der Waals surface area contributed by atoms with Gasteiger partial charge in [0.2, 0.25) is 0 Å². The molecule has 0 aromatic carbocycles. The highest BCUT2D eigenvalue weighted by Crippen LogP contribution is 2.71. The topological polar surface area (TPSA) is 26.3 Å². The maximum absolute atomic E-state index is 12.8. The molecule has 0 amide bonds. The van der Waals surface area contributed by atoms with Gasteiger partial charge in [-0.05, 0) is 72.8 Å². The number of Topliss-reactive ketones (excluding diaryl/α,β-unsaturated/α-hetero) is 1. The van der Waals surface area contributed by atoms with Gasteiger partial charge in [0.25, 0.3) is 0 Å². The van der Waals surface area contributed by atoms with Crippen molar-refractivity contribution in [1.82, 2.24) is 0 Å². The summed E-state index contributed by atoms with van der Waals surface area (Å²) in [7, 11) is 1.80. The van der Waals surface area contributed by atoms with Gasteiger partial charge in [0, 0.05) is 17.8 Å². The minimum Gasteiger partial charge on any atom is -0.501 e. The Kier molecular flexibility index (Phi) is 2.69. The molecular weight excluding hydrogens is 284 g/mol. The molecule has 2 nitrogen and oxygen atoms in total. The summed E-state index contributed by atoms with van der Waals surface area (Å²) in [5.41, 5.74) is 1.84. The fraction of sp³-hybridized carbons (Fsp3) is 0.762. The third-order valence-electron chi connectivity index (χ3n) is 8.45. The van der Waals surface area contributed by atoms with Crippen molar-refractivity contribution >= 4 is 5.78 Å². The summed E-state index contributed by atoms with van der Waals surface area (Å²) in [6, 6.07) is 0. The molecule has 0 radical (unpaired) electrons. The van der Waals surface area contributed by atoms with Gasteiger partial charge in [0.15, 0.2) is 0 Å². The zero-order valence-corrected chi connectivity index (χ0v) is 14.6. The molecule has 3 unspecified atom stereocenters. The van der Waals surface area contributed by atoms with E-state index in [1.54, 1.807) is 7.11 Å². The molecule has 5 aliphatic carbocycles. The predicted octanol–water partition coefficient (Wildman–Crippen LogP) is 4.51. The third kappa shape index (κ3) is 1.63. The summed E-state index contributed by atoms with van der Waals surface area (Å²) < 4.78 is 5.52. The maximum Gasteiger partial charge on any atom is 0.142 e. The molecule has 5 rings (SSSR count).